The number of carbonyl (C=O) groups is 1. The van der Waals surface area contributed by atoms with E-state index in [0.29, 0.717) is 26.1 Å². The molecule has 1 aromatic heterocycles. The third-order valence-electron chi connectivity index (χ3n) is 4.52. The quantitative estimate of drug-likeness (QED) is 0.911. The molecule has 128 valence electrons. The second-order valence-corrected chi connectivity index (χ2v) is 6.54. The summed E-state index contributed by atoms with van der Waals surface area (Å²) in [7, 11) is 1.87. The highest BCUT2D eigenvalue weighted by molar-refractivity contribution is 5.82. The summed E-state index contributed by atoms with van der Waals surface area (Å²) in [6.45, 7) is 3.54. The van der Waals surface area contributed by atoms with E-state index in [-0.39, 0.29) is 5.91 Å². The standard InChI is InChI=1S/C18H24N4O2/c1-18(15-11-20-21(2)12-15)13-22(8-9-24-18)17(23)16(19)10-14-6-4-3-5-7-14/h3-7,11-12,16H,8-10,13,19H2,1-2H3/t16-,18?/m0/s1. The monoisotopic (exact) mass is 328 g/mol. The van der Waals surface area contributed by atoms with Crippen molar-refractivity contribution >= 4 is 5.91 Å². The van der Waals surface area contributed by atoms with Crippen LogP contribution in [0, 0.1) is 0 Å². The Labute approximate surface area is 142 Å². The summed E-state index contributed by atoms with van der Waals surface area (Å²) in [5.41, 5.74) is 7.66. The molecule has 6 heteroatoms. The van der Waals surface area contributed by atoms with Crippen LogP contribution in [-0.2, 0) is 28.6 Å². The number of benzene rings is 1. The number of hydrogen-bond acceptors (Lipinski definition) is 4. The van der Waals surface area contributed by atoms with Crippen LogP contribution >= 0.6 is 0 Å². The van der Waals surface area contributed by atoms with Gasteiger partial charge in [0.2, 0.25) is 5.91 Å². The molecule has 3 rings (SSSR count). The van der Waals surface area contributed by atoms with Gasteiger partial charge in [-0.25, -0.2) is 0 Å². The third-order valence-corrected chi connectivity index (χ3v) is 4.52. The second-order valence-electron chi connectivity index (χ2n) is 6.54. The Morgan fingerprint density at radius 3 is 2.83 bits per heavy atom. The summed E-state index contributed by atoms with van der Waals surface area (Å²) in [5.74, 6) is -0.0303. The average Bonchev–Trinajstić information content (AvgIpc) is 3.02. The van der Waals surface area contributed by atoms with E-state index in [4.69, 9.17) is 10.5 Å². The Morgan fingerprint density at radius 1 is 1.42 bits per heavy atom. The average molecular weight is 328 g/mol. The summed E-state index contributed by atoms with van der Waals surface area (Å²) < 4.78 is 7.70. The van der Waals surface area contributed by atoms with Crippen LogP contribution in [0.2, 0.25) is 0 Å². The lowest BCUT2D eigenvalue weighted by Crippen LogP contribution is -2.54. The Bertz CT molecular complexity index is 700. The SMILES string of the molecule is Cn1cc(C2(C)CN(C(=O)[C@@H](N)Cc3ccccc3)CCO2)cn1. The number of hydrogen-bond donors (Lipinski definition) is 1. The van der Waals surface area contributed by atoms with Crippen molar-refractivity contribution in [3.63, 3.8) is 0 Å². The van der Waals surface area contributed by atoms with E-state index in [0.717, 1.165) is 11.1 Å². The maximum absolute atomic E-state index is 12.8. The lowest BCUT2D eigenvalue weighted by molar-refractivity contribution is -0.150. The van der Waals surface area contributed by atoms with Gasteiger partial charge in [-0.1, -0.05) is 30.3 Å². The molecule has 1 aliphatic heterocycles. The maximum atomic E-state index is 12.8. The van der Waals surface area contributed by atoms with Crippen LogP contribution in [0.5, 0.6) is 0 Å². The van der Waals surface area contributed by atoms with Gasteiger partial charge in [0.15, 0.2) is 0 Å². The first-order valence-corrected chi connectivity index (χ1v) is 8.19. The summed E-state index contributed by atoms with van der Waals surface area (Å²) in [6.07, 6.45) is 4.26. The molecule has 2 heterocycles. The fourth-order valence-corrected chi connectivity index (χ4v) is 3.12. The van der Waals surface area contributed by atoms with E-state index in [2.05, 4.69) is 5.10 Å². The first-order chi connectivity index (χ1) is 11.5. The number of aromatic nitrogens is 2. The molecule has 0 saturated carbocycles. The highest BCUT2D eigenvalue weighted by Crippen LogP contribution is 2.29. The number of carbonyl (C=O) groups excluding carboxylic acids is 1. The second kappa shape index (κ2) is 6.75. The number of amides is 1. The van der Waals surface area contributed by atoms with Gasteiger partial charge in [0.1, 0.15) is 5.60 Å². The van der Waals surface area contributed by atoms with Crippen molar-refractivity contribution in [3.05, 3.63) is 53.9 Å². The Balaban J connectivity index is 1.68. The molecule has 1 unspecified atom stereocenters. The van der Waals surface area contributed by atoms with Crippen molar-refractivity contribution in [3.8, 4) is 0 Å². The number of nitrogens with zero attached hydrogens (tertiary/aromatic N) is 3. The van der Waals surface area contributed by atoms with Crippen LogP contribution < -0.4 is 5.73 Å². The topological polar surface area (TPSA) is 73.4 Å². The van der Waals surface area contributed by atoms with Crippen LogP contribution in [0.15, 0.2) is 42.7 Å². The molecule has 0 radical (unpaired) electrons. The van der Waals surface area contributed by atoms with E-state index < -0.39 is 11.6 Å². The molecular formula is C18H24N4O2. The summed E-state index contributed by atoms with van der Waals surface area (Å²) in [6, 6.07) is 9.32. The van der Waals surface area contributed by atoms with Crippen LogP contribution in [0.1, 0.15) is 18.1 Å². The first kappa shape index (κ1) is 16.7. The van der Waals surface area contributed by atoms with Crippen molar-refractivity contribution in [1.29, 1.82) is 0 Å². The number of nitrogens with two attached hydrogens (primary N) is 1. The first-order valence-electron chi connectivity index (χ1n) is 8.19. The van der Waals surface area contributed by atoms with Gasteiger partial charge >= 0.3 is 0 Å². The third kappa shape index (κ3) is 3.49. The molecule has 1 amide bonds. The van der Waals surface area contributed by atoms with Crippen LogP contribution in [0.25, 0.3) is 0 Å². The lowest BCUT2D eigenvalue weighted by Gasteiger charge is -2.40. The van der Waals surface area contributed by atoms with Gasteiger partial charge in [0.25, 0.3) is 0 Å². The summed E-state index contributed by atoms with van der Waals surface area (Å²) in [5, 5.41) is 4.21. The fraction of sp³-hybridized carbons (Fsp3) is 0.444. The van der Waals surface area contributed by atoms with Gasteiger partial charge in [0, 0.05) is 25.4 Å². The zero-order chi connectivity index (χ0) is 17.2. The molecule has 1 saturated heterocycles. The van der Waals surface area contributed by atoms with Gasteiger partial charge in [-0.15, -0.1) is 0 Å². The Morgan fingerprint density at radius 2 is 2.17 bits per heavy atom. The molecule has 24 heavy (non-hydrogen) atoms. The minimum absolute atomic E-state index is 0.0303. The molecule has 2 aromatic rings. The summed E-state index contributed by atoms with van der Waals surface area (Å²) >= 11 is 0. The smallest absolute Gasteiger partial charge is 0.240 e. The minimum atomic E-state index is -0.547. The Kier molecular flexibility index (Phi) is 4.69. The molecule has 0 bridgehead atoms. The lowest BCUT2D eigenvalue weighted by atomic mass is 9.96. The van der Waals surface area contributed by atoms with Gasteiger partial charge in [-0.05, 0) is 18.9 Å². The number of aryl methyl sites for hydroxylation is 1. The van der Waals surface area contributed by atoms with E-state index >= 15 is 0 Å². The maximum Gasteiger partial charge on any atom is 0.240 e. The minimum Gasteiger partial charge on any atom is -0.367 e. The molecule has 1 aliphatic rings. The van der Waals surface area contributed by atoms with E-state index in [1.807, 2.05) is 55.4 Å². The van der Waals surface area contributed by atoms with E-state index in [1.165, 1.54) is 0 Å². The van der Waals surface area contributed by atoms with Crippen molar-refractivity contribution in [2.24, 2.45) is 12.8 Å². The number of ether oxygens (including phenoxy) is 1. The van der Waals surface area contributed by atoms with E-state index in [1.54, 1.807) is 10.9 Å². The van der Waals surface area contributed by atoms with E-state index in [9.17, 15) is 4.79 Å². The van der Waals surface area contributed by atoms with Gasteiger partial charge in [-0.2, -0.15) is 5.10 Å². The molecular weight excluding hydrogens is 304 g/mol. The van der Waals surface area contributed by atoms with Gasteiger partial charge < -0.3 is 15.4 Å². The predicted molar refractivity (Wildman–Crippen MR) is 91.2 cm³/mol. The molecule has 1 fully saturated rings. The molecule has 0 spiro atoms. The normalized spacial score (nSPS) is 22.4. The number of rotatable bonds is 4. The predicted octanol–water partition coefficient (Wildman–Crippen LogP) is 1.06. The van der Waals surface area contributed by atoms with Crippen LogP contribution in [-0.4, -0.2) is 46.3 Å². The highest BCUT2D eigenvalue weighted by atomic mass is 16.5. The molecule has 2 N–H and O–H groups in total. The molecule has 0 aliphatic carbocycles. The van der Waals surface area contributed by atoms with Crippen molar-refractivity contribution in [2.45, 2.75) is 25.0 Å². The zero-order valence-corrected chi connectivity index (χ0v) is 14.2. The van der Waals surface area contributed by atoms with Gasteiger partial charge in [0.05, 0.1) is 25.4 Å². The van der Waals surface area contributed by atoms with Crippen molar-refractivity contribution in [2.75, 3.05) is 19.7 Å². The van der Waals surface area contributed by atoms with Gasteiger partial charge in [-0.3, -0.25) is 9.48 Å². The van der Waals surface area contributed by atoms with Crippen LogP contribution in [0.3, 0.4) is 0 Å². The van der Waals surface area contributed by atoms with Crippen LogP contribution in [0.4, 0.5) is 0 Å². The van der Waals surface area contributed by atoms with Crippen molar-refractivity contribution in [1.82, 2.24) is 14.7 Å². The Hall–Kier alpha value is -2.18. The molecule has 6 nitrogen and oxygen atoms in total. The number of morpholine rings is 1. The largest absolute Gasteiger partial charge is 0.367 e. The highest BCUT2D eigenvalue weighted by Gasteiger charge is 2.37. The van der Waals surface area contributed by atoms with Crippen molar-refractivity contribution < 1.29 is 9.53 Å². The molecule has 2 atom stereocenters. The summed E-state index contributed by atoms with van der Waals surface area (Å²) in [4.78, 5) is 14.6. The molecule has 1 aromatic carbocycles. The fourth-order valence-electron chi connectivity index (χ4n) is 3.12. The zero-order valence-electron chi connectivity index (χ0n) is 14.2.